The van der Waals surface area contributed by atoms with Crippen LogP contribution in [0.2, 0.25) is 0 Å². The van der Waals surface area contributed by atoms with Crippen molar-refractivity contribution in [3.05, 3.63) is 144 Å². The van der Waals surface area contributed by atoms with Gasteiger partial charge >= 0.3 is 0 Å². The molecule has 0 unspecified atom stereocenters. The summed E-state index contributed by atoms with van der Waals surface area (Å²) in [6.45, 7) is 6.63. The monoisotopic (exact) mass is 854 g/mol. The van der Waals surface area contributed by atoms with Crippen molar-refractivity contribution in [3.63, 3.8) is 0 Å². The Kier molecular flexibility index (Phi) is 11.4. The number of amides is 2. The second kappa shape index (κ2) is 17.6. The van der Waals surface area contributed by atoms with E-state index in [-0.39, 0.29) is 41.3 Å². The highest BCUT2D eigenvalue weighted by molar-refractivity contribution is 5.84. The maximum atomic E-state index is 13.2. The van der Waals surface area contributed by atoms with Gasteiger partial charge in [0.2, 0.25) is 11.8 Å². The van der Waals surface area contributed by atoms with Crippen LogP contribution in [0.15, 0.2) is 116 Å². The van der Waals surface area contributed by atoms with Crippen LogP contribution in [0.1, 0.15) is 42.4 Å². The van der Waals surface area contributed by atoms with Crippen molar-refractivity contribution >= 4 is 23.5 Å². The number of fused-ring (bicyclic) bond motifs is 4. The Morgan fingerprint density at radius 2 is 1.08 bits per heavy atom. The van der Waals surface area contributed by atoms with Crippen LogP contribution < -0.4 is 14.5 Å². The quantitative estimate of drug-likeness (QED) is 0.174. The number of likely N-dealkylation sites (tertiary alicyclic amines) is 4. The van der Waals surface area contributed by atoms with Gasteiger partial charge in [-0.1, -0.05) is 54.6 Å². The molecule has 2 aromatic heterocycles. The zero-order valence-corrected chi connectivity index (χ0v) is 35.1. The molecule has 1 N–H and O–H groups in total. The minimum atomic E-state index is -0.255. The van der Waals surface area contributed by atoms with Gasteiger partial charge in [0.25, 0.3) is 0 Å². The summed E-state index contributed by atoms with van der Waals surface area (Å²) in [5, 5.41) is 9.44. The average molecular weight is 855 g/mol. The van der Waals surface area contributed by atoms with E-state index in [0.717, 1.165) is 99.0 Å². The number of piperazine rings is 2. The van der Waals surface area contributed by atoms with Crippen molar-refractivity contribution in [2.24, 2.45) is 0 Å². The second-order valence-corrected chi connectivity index (χ2v) is 17.7. The largest absolute Gasteiger partial charge is 0.506 e. The summed E-state index contributed by atoms with van der Waals surface area (Å²) in [6, 6.07) is 31.8. The first-order valence-corrected chi connectivity index (χ1v) is 22.1. The Morgan fingerprint density at radius 3 is 1.52 bits per heavy atom. The summed E-state index contributed by atoms with van der Waals surface area (Å²) < 4.78 is 32.2. The number of ether oxygens (including phenoxy) is 1. The minimum Gasteiger partial charge on any atom is -0.506 e. The number of aromatic nitrogens is 2. The molecule has 4 bridgehead atoms. The second-order valence-electron chi connectivity index (χ2n) is 17.7. The first-order valence-electron chi connectivity index (χ1n) is 22.1. The van der Waals surface area contributed by atoms with Gasteiger partial charge < -0.3 is 29.4 Å². The Balaban J connectivity index is 0.000000153. The maximum absolute atomic E-state index is 13.2. The van der Waals surface area contributed by atoms with E-state index in [0.29, 0.717) is 43.9 Å². The van der Waals surface area contributed by atoms with E-state index >= 15 is 0 Å². The van der Waals surface area contributed by atoms with E-state index in [1.54, 1.807) is 36.5 Å². The molecule has 11 rings (SSSR count). The van der Waals surface area contributed by atoms with Gasteiger partial charge in [0.1, 0.15) is 41.4 Å². The van der Waals surface area contributed by atoms with Gasteiger partial charge in [-0.15, -0.1) is 0 Å². The van der Waals surface area contributed by atoms with Crippen LogP contribution in [0, 0.1) is 11.6 Å². The molecule has 326 valence electrons. The fourth-order valence-corrected chi connectivity index (χ4v) is 10.6. The van der Waals surface area contributed by atoms with Gasteiger partial charge in [0.05, 0.1) is 24.5 Å². The lowest BCUT2D eigenvalue weighted by Gasteiger charge is -2.37. The fraction of sp³-hybridized carbons (Fsp3) is 0.388. The van der Waals surface area contributed by atoms with Crippen molar-refractivity contribution in [2.75, 3.05) is 49.1 Å². The number of aromatic hydroxyl groups is 1. The first kappa shape index (κ1) is 40.9. The molecule has 14 heteroatoms. The summed E-state index contributed by atoms with van der Waals surface area (Å²) in [6.07, 6.45) is 7.10. The first-order chi connectivity index (χ1) is 30.7. The predicted molar refractivity (Wildman–Crippen MR) is 234 cm³/mol. The standard InChI is InChI=1S/C28H29FN4O2.C21H23FN4O2/c29-22-8-6-20(7-9-22)16-31-13-12-26(28(31)34)32-17-24-14-23(32)18-33(24)27-11-10-25(15-30-27)35-19-21-4-2-1-3-5-21;22-15-3-1-14(2-4-15)11-24-8-7-19(21(24)28)25-12-17-9-16(25)13-26(17)20-6-5-18(27)10-23-20/h1-11,15,23-24,26H,12-14,16-19H2;1-6,10,16-17,19,27H,7-9,11-13H2/t23-,24-,26+;16-,17-,19+/m00/s1. The molecule has 6 fully saturated rings. The number of anilines is 2. The van der Waals surface area contributed by atoms with Crippen molar-refractivity contribution in [1.29, 1.82) is 0 Å². The van der Waals surface area contributed by atoms with Gasteiger partial charge in [0, 0.05) is 76.5 Å². The lowest BCUT2D eigenvalue weighted by molar-refractivity contribution is -0.133. The van der Waals surface area contributed by atoms with Crippen LogP contribution in [-0.4, -0.2) is 122 Å². The number of carbonyl (C=O) groups is 2. The number of benzene rings is 3. The fourth-order valence-electron chi connectivity index (χ4n) is 10.6. The third kappa shape index (κ3) is 8.66. The maximum Gasteiger partial charge on any atom is 0.240 e. The highest BCUT2D eigenvalue weighted by atomic mass is 19.1. The number of hydrogen-bond donors (Lipinski definition) is 1. The van der Waals surface area contributed by atoms with Crippen LogP contribution >= 0.6 is 0 Å². The molecular formula is C49H52F2N8O4. The van der Waals surface area contributed by atoms with Gasteiger partial charge in [-0.3, -0.25) is 19.4 Å². The number of hydrogen-bond acceptors (Lipinski definition) is 10. The highest BCUT2D eigenvalue weighted by Gasteiger charge is 2.51. The lowest BCUT2D eigenvalue weighted by atomic mass is 10.1. The number of halogens is 2. The Labute approximate surface area is 366 Å². The number of nitrogens with zero attached hydrogens (tertiary/aromatic N) is 8. The van der Waals surface area contributed by atoms with Crippen molar-refractivity contribution in [3.8, 4) is 11.5 Å². The average Bonchev–Trinajstić information content (AvgIpc) is 4.19. The molecule has 6 aliphatic rings. The molecule has 5 aromatic rings. The smallest absolute Gasteiger partial charge is 0.240 e. The summed E-state index contributed by atoms with van der Waals surface area (Å²) in [5.41, 5.74) is 3.06. The number of carbonyl (C=O) groups excluding carboxylic acids is 2. The van der Waals surface area contributed by atoms with E-state index in [1.165, 1.54) is 30.5 Å². The molecule has 0 radical (unpaired) electrons. The van der Waals surface area contributed by atoms with E-state index in [1.807, 2.05) is 58.3 Å². The molecule has 8 heterocycles. The Hall–Kier alpha value is -6.12. The van der Waals surface area contributed by atoms with Crippen LogP contribution in [0.4, 0.5) is 20.4 Å². The molecule has 2 amide bonds. The summed E-state index contributed by atoms with van der Waals surface area (Å²) >= 11 is 0. The van der Waals surface area contributed by atoms with Crippen LogP contribution in [-0.2, 0) is 29.3 Å². The summed E-state index contributed by atoms with van der Waals surface area (Å²) in [7, 11) is 0. The molecule has 63 heavy (non-hydrogen) atoms. The normalized spacial score (nSPS) is 25.4. The van der Waals surface area contributed by atoms with E-state index < -0.39 is 0 Å². The Bertz CT molecular complexity index is 2380. The molecular weight excluding hydrogens is 803 g/mol. The van der Waals surface area contributed by atoms with Gasteiger partial charge in [0.15, 0.2) is 0 Å². The van der Waals surface area contributed by atoms with Crippen LogP contribution in [0.25, 0.3) is 0 Å². The molecule has 0 spiro atoms. The molecule has 3 aromatic carbocycles. The topological polar surface area (TPSA) is 109 Å². The summed E-state index contributed by atoms with van der Waals surface area (Å²) in [4.78, 5) is 48.4. The summed E-state index contributed by atoms with van der Waals surface area (Å²) in [5.74, 6) is 2.68. The lowest BCUT2D eigenvalue weighted by Crippen LogP contribution is -2.52. The molecule has 0 saturated carbocycles. The van der Waals surface area contributed by atoms with Gasteiger partial charge in [-0.2, -0.15) is 0 Å². The zero-order chi connectivity index (χ0) is 43.0. The van der Waals surface area contributed by atoms with E-state index in [4.69, 9.17) is 4.74 Å². The molecule has 6 atom stereocenters. The highest BCUT2D eigenvalue weighted by Crippen LogP contribution is 2.39. The molecule has 6 saturated heterocycles. The zero-order valence-electron chi connectivity index (χ0n) is 35.1. The predicted octanol–water partition coefficient (Wildman–Crippen LogP) is 5.85. The van der Waals surface area contributed by atoms with Gasteiger partial charge in [-0.25, -0.2) is 18.7 Å². The van der Waals surface area contributed by atoms with Gasteiger partial charge in [-0.05, 0) is 90.9 Å². The van der Waals surface area contributed by atoms with Crippen LogP contribution in [0.5, 0.6) is 11.5 Å². The van der Waals surface area contributed by atoms with E-state index in [9.17, 15) is 23.5 Å². The van der Waals surface area contributed by atoms with Crippen LogP contribution in [0.3, 0.4) is 0 Å². The molecule has 12 nitrogen and oxygen atoms in total. The molecule has 6 aliphatic heterocycles. The third-order valence-corrected chi connectivity index (χ3v) is 13.8. The van der Waals surface area contributed by atoms with E-state index in [2.05, 4.69) is 29.6 Å². The minimum absolute atomic E-state index is 0.0469. The van der Waals surface area contributed by atoms with Crippen molar-refractivity contribution in [2.45, 2.75) is 81.6 Å². The number of rotatable bonds is 11. The third-order valence-electron chi connectivity index (χ3n) is 13.8. The number of pyridine rings is 2. The SMILES string of the molecule is O=C1[C@H](N2C[C@@H]3C[C@H]2CN3c2ccc(O)cn2)CCN1Cc1ccc(F)cc1.O=C1[C@H](N2C[C@@H]3C[C@H]2CN3c2ccc(OCc3ccccc3)cn2)CCN1Cc1ccc(F)cc1. The Morgan fingerprint density at radius 1 is 0.571 bits per heavy atom. The van der Waals surface area contributed by atoms with Crippen molar-refractivity contribution < 1.29 is 28.2 Å². The molecule has 0 aliphatic carbocycles. The van der Waals surface area contributed by atoms with Crippen molar-refractivity contribution in [1.82, 2.24) is 29.6 Å².